The third kappa shape index (κ3) is 5.76. The van der Waals surface area contributed by atoms with Crippen molar-refractivity contribution in [1.82, 2.24) is 10.2 Å². The van der Waals surface area contributed by atoms with E-state index >= 15 is 0 Å². The van der Waals surface area contributed by atoms with Gasteiger partial charge in [-0.25, -0.2) is 4.79 Å². The van der Waals surface area contributed by atoms with Gasteiger partial charge in [0.2, 0.25) is 5.91 Å². The Morgan fingerprint density at radius 3 is 2.24 bits per heavy atom. The van der Waals surface area contributed by atoms with Gasteiger partial charge in [-0.2, -0.15) is 0 Å². The number of fused-ring (bicyclic) bond motifs is 3. The van der Waals surface area contributed by atoms with Crippen LogP contribution in [0.15, 0.2) is 48.5 Å². The van der Waals surface area contributed by atoms with Crippen LogP contribution >= 0.6 is 0 Å². The molecule has 1 saturated carbocycles. The van der Waals surface area contributed by atoms with Crippen LogP contribution in [0.2, 0.25) is 0 Å². The number of benzene rings is 2. The Kier molecular flexibility index (Phi) is 7.50. The number of carboxylic acids is 1. The van der Waals surface area contributed by atoms with Gasteiger partial charge in [-0.15, -0.1) is 0 Å². The van der Waals surface area contributed by atoms with Crippen LogP contribution in [0.4, 0.5) is 4.79 Å². The summed E-state index contributed by atoms with van der Waals surface area (Å²) >= 11 is 0. The number of amides is 2. The predicted octanol–water partition coefficient (Wildman–Crippen LogP) is 4.41. The van der Waals surface area contributed by atoms with E-state index in [1.165, 1.54) is 11.1 Å². The molecule has 7 heteroatoms. The lowest BCUT2D eigenvalue weighted by Gasteiger charge is -2.25. The topological polar surface area (TPSA) is 95.9 Å². The van der Waals surface area contributed by atoms with Crippen LogP contribution in [-0.4, -0.2) is 54.2 Å². The van der Waals surface area contributed by atoms with Crippen LogP contribution in [0.1, 0.15) is 55.6 Å². The molecule has 2 aliphatic carbocycles. The molecule has 0 heterocycles. The van der Waals surface area contributed by atoms with Crippen molar-refractivity contribution in [3.05, 3.63) is 59.7 Å². The monoisotopic (exact) mass is 464 g/mol. The molecule has 0 bridgehead atoms. The Bertz CT molecular complexity index is 1000. The Morgan fingerprint density at radius 1 is 1.03 bits per heavy atom. The summed E-state index contributed by atoms with van der Waals surface area (Å²) in [4.78, 5) is 38.0. The molecule has 180 valence electrons. The number of unbranched alkanes of at least 4 members (excludes halogenated alkanes) is 1. The molecule has 2 aromatic carbocycles. The lowest BCUT2D eigenvalue weighted by molar-refractivity contribution is -0.137. The minimum absolute atomic E-state index is 0.0346. The summed E-state index contributed by atoms with van der Waals surface area (Å²) in [6, 6.07) is 15.7. The largest absolute Gasteiger partial charge is 0.481 e. The molecular weight excluding hydrogens is 432 g/mol. The minimum atomic E-state index is -0.836. The van der Waals surface area contributed by atoms with Gasteiger partial charge in [0, 0.05) is 25.9 Å². The van der Waals surface area contributed by atoms with E-state index in [2.05, 4.69) is 29.6 Å². The molecular formula is C27H32N2O5. The molecule has 2 aliphatic rings. The van der Waals surface area contributed by atoms with Crippen LogP contribution < -0.4 is 5.32 Å². The van der Waals surface area contributed by atoms with Gasteiger partial charge in [-0.1, -0.05) is 61.4 Å². The number of nitrogens with zero attached hydrogens (tertiary/aromatic N) is 1. The number of nitrogens with one attached hydrogen (secondary N) is 1. The van der Waals surface area contributed by atoms with Crippen LogP contribution in [0.5, 0.6) is 0 Å². The van der Waals surface area contributed by atoms with Crippen molar-refractivity contribution in [3.63, 3.8) is 0 Å². The molecule has 7 nitrogen and oxygen atoms in total. The summed E-state index contributed by atoms with van der Waals surface area (Å²) in [5, 5.41) is 11.6. The molecule has 2 aromatic rings. The molecule has 34 heavy (non-hydrogen) atoms. The Balaban J connectivity index is 1.34. The number of carboxylic acid groups (broad SMARTS) is 1. The second-order valence-corrected chi connectivity index (χ2v) is 9.31. The standard InChI is InChI=1S/C27H32N2O5/c1-29(15-7-6-12-25(30)31)26(32)24(16-18-13-14-18)28-27(33)34-17-23-21-10-4-2-8-19(21)20-9-3-5-11-22(20)23/h2-5,8-11,18,23-24H,6-7,12-17H2,1H3,(H,28,33)(H,30,31). The summed E-state index contributed by atoms with van der Waals surface area (Å²) in [7, 11) is 1.70. The van der Waals surface area contributed by atoms with E-state index in [1.807, 2.05) is 24.3 Å². The average Bonchev–Trinajstić information content (AvgIpc) is 3.59. The highest BCUT2D eigenvalue weighted by Crippen LogP contribution is 2.44. The summed E-state index contributed by atoms with van der Waals surface area (Å²) in [6.45, 7) is 0.662. The molecule has 1 atom stereocenters. The zero-order chi connectivity index (χ0) is 24.1. The molecule has 2 N–H and O–H groups in total. The SMILES string of the molecule is CN(CCCCC(=O)O)C(=O)C(CC1CC1)NC(=O)OCC1c2ccccc2-c2ccccc21. The Labute approximate surface area is 200 Å². The van der Waals surface area contributed by atoms with Gasteiger partial charge in [0.05, 0.1) is 0 Å². The van der Waals surface area contributed by atoms with Crippen LogP contribution in [0.25, 0.3) is 11.1 Å². The lowest BCUT2D eigenvalue weighted by atomic mass is 9.98. The van der Waals surface area contributed by atoms with Crippen molar-refractivity contribution in [3.8, 4) is 11.1 Å². The maximum Gasteiger partial charge on any atom is 0.407 e. The Morgan fingerprint density at radius 2 is 1.65 bits per heavy atom. The fraction of sp³-hybridized carbons (Fsp3) is 0.444. The van der Waals surface area contributed by atoms with Gasteiger partial charge in [-0.05, 0) is 47.4 Å². The number of alkyl carbamates (subject to hydrolysis) is 1. The highest BCUT2D eigenvalue weighted by Gasteiger charge is 2.33. The molecule has 0 aliphatic heterocycles. The third-order valence-electron chi connectivity index (χ3n) is 6.71. The smallest absolute Gasteiger partial charge is 0.407 e. The summed E-state index contributed by atoms with van der Waals surface area (Å²) in [6.07, 6.45) is 3.36. The van der Waals surface area contributed by atoms with Crippen LogP contribution in [0, 0.1) is 5.92 Å². The first-order chi connectivity index (χ1) is 16.4. The first-order valence-corrected chi connectivity index (χ1v) is 12.0. The predicted molar refractivity (Wildman–Crippen MR) is 128 cm³/mol. The lowest BCUT2D eigenvalue weighted by Crippen LogP contribution is -2.48. The van der Waals surface area contributed by atoms with Crippen molar-refractivity contribution in [2.45, 2.75) is 50.5 Å². The Hall–Kier alpha value is -3.35. The van der Waals surface area contributed by atoms with E-state index < -0.39 is 18.1 Å². The summed E-state index contributed by atoms with van der Waals surface area (Å²) < 4.78 is 5.64. The van der Waals surface area contributed by atoms with Crippen LogP contribution in [0.3, 0.4) is 0 Å². The zero-order valence-corrected chi connectivity index (χ0v) is 19.5. The summed E-state index contributed by atoms with van der Waals surface area (Å²) in [5.74, 6) is -0.580. The van der Waals surface area contributed by atoms with Gasteiger partial charge < -0.3 is 20.1 Å². The quantitative estimate of drug-likeness (QED) is 0.481. The molecule has 1 fully saturated rings. The van der Waals surface area contributed by atoms with Crippen LogP contribution in [-0.2, 0) is 14.3 Å². The first kappa shape index (κ1) is 23.8. The van der Waals surface area contributed by atoms with Gasteiger partial charge in [-0.3, -0.25) is 9.59 Å². The number of hydrogen-bond acceptors (Lipinski definition) is 4. The number of likely N-dealkylation sites (N-methyl/N-ethyl adjacent to an activating group) is 1. The van der Waals surface area contributed by atoms with Crippen molar-refractivity contribution in [1.29, 1.82) is 0 Å². The molecule has 2 amide bonds. The number of aliphatic carboxylic acids is 1. The minimum Gasteiger partial charge on any atom is -0.481 e. The van der Waals surface area contributed by atoms with E-state index in [4.69, 9.17) is 9.84 Å². The molecule has 4 rings (SSSR count). The van der Waals surface area contributed by atoms with E-state index in [-0.39, 0.29) is 24.9 Å². The number of rotatable bonds is 11. The first-order valence-electron chi connectivity index (χ1n) is 12.0. The second-order valence-electron chi connectivity index (χ2n) is 9.31. The van der Waals surface area contributed by atoms with E-state index in [1.54, 1.807) is 11.9 Å². The zero-order valence-electron chi connectivity index (χ0n) is 19.5. The second kappa shape index (κ2) is 10.7. The number of hydrogen-bond donors (Lipinski definition) is 2. The van der Waals surface area contributed by atoms with Gasteiger partial charge >= 0.3 is 12.1 Å². The van der Waals surface area contributed by atoms with Gasteiger partial charge in [0.1, 0.15) is 12.6 Å². The van der Waals surface area contributed by atoms with Crippen molar-refractivity contribution in [2.75, 3.05) is 20.2 Å². The molecule has 0 radical (unpaired) electrons. The molecule has 0 spiro atoms. The maximum absolute atomic E-state index is 13.0. The fourth-order valence-corrected chi connectivity index (χ4v) is 4.69. The highest BCUT2D eigenvalue weighted by atomic mass is 16.5. The molecule has 0 saturated heterocycles. The van der Waals surface area contributed by atoms with E-state index in [0.29, 0.717) is 31.7 Å². The third-order valence-corrected chi connectivity index (χ3v) is 6.71. The fourth-order valence-electron chi connectivity index (χ4n) is 4.69. The normalized spacial score (nSPS) is 15.2. The van der Waals surface area contributed by atoms with Crippen molar-refractivity contribution in [2.24, 2.45) is 5.92 Å². The van der Waals surface area contributed by atoms with Crippen molar-refractivity contribution >= 4 is 18.0 Å². The maximum atomic E-state index is 13.0. The van der Waals surface area contributed by atoms with E-state index in [9.17, 15) is 14.4 Å². The highest BCUT2D eigenvalue weighted by molar-refractivity contribution is 5.85. The molecule has 1 unspecified atom stereocenters. The van der Waals surface area contributed by atoms with Crippen molar-refractivity contribution < 1.29 is 24.2 Å². The van der Waals surface area contributed by atoms with E-state index in [0.717, 1.165) is 24.0 Å². The van der Waals surface area contributed by atoms with Gasteiger partial charge in [0.25, 0.3) is 0 Å². The molecule has 0 aromatic heterocycles. The number of ether oxygens (including phenoxy) is 1. The average molecular weight is 465 g/mol. The number of carbonyl (C=O) groups is 3. The summed E-state index contributed by atoms with van der Waals surface area (Å²) in [5.41, 5.74) is 4.61. The van der Waals surface area contributed by atoms with Gasteiger partial charge in [0.15, 0.2) is 0 Å². The number of carbonyl (C=O) groups excluding carboxylic acids is 2.